The lowest BCUT2D eigenvalue weighted by Crippen LogP contribution is -2.34. The van der Waals surface area contributed by atoms with E-state index in [0.717, 1.165) is 11.3 Å². The van der Waals surface area contributed by atoms with Crippen molar-refractivity contribution in [2.24, 2.45) is 11.8 Å². The molecule has 2 aromatic heterocycles. The van der Waals surface area contributed by atoms with Crippen molar-refractivity contribution in [3.8, 4) is 0 Å². The van der Waals surface area contributed by atoms with Gasteiger partial charge in [0.25, 0.3) is 5.91 Å². The van der Waals surface area contributed by atoms with Gasteiger partial charge in [-0.25, -0.2) is 9.78 Å². The summed E-state index contributed by atoms with van der Waals surface area (Å²) in [6, 6.07) is 0.0690. The van der Waals surface area contributed by atoms with Crippen LogP contribution in [-0.4, -0.2) is 53.2 Å². The maximum atomic E-state index is 12.5. The van der Waals surface area contributed by atoms with E-state index in [1.807, 2.05) is 0 Å². The summed E-state index contributed by atoms with van der Waals surface area (Å²) in [6.07, 6.45) is 0. The Balaban J connectivity index is 1.39. The van der Waals surface area contributed by atoms with E-state index in [1.165, 1.54) is 7.11 Å². The third-order valence-electron chi connectivity index (χ3n) is 5.20. The van der Waals surface area contributed by atoms with Crippen LogP contribution in [0.1, 0.15) is 31.5 Å². The van der Waals surface area contributed by atoms with E-state index in [1.54, 1.807) is 6.92 Å². The predicted octanol–water partition coefficient (Wildman–Crippen LogP) is 2.80. The number of hydrogen-bond donors (Lipinski definition) is 3. The molecule has 150 valence electrons. The molecule has 1 saturated heterocycles. The standard InChI is InChI=1S/C17H18Cl2N4O4S/c1-6-10(18)11(19)13(20-6)15(24)22-12-7-3-23(4-8(7)12)17-21-9(5-27-2)14(28-17)16(25)26/h7-8,12,20H,3-5H2,1-2H3,(H,22,24)(H,25,26)/t7-,8+,12?. The molecule has 1 unspecified atom stereocenters. The van der Waals surface area contributed by atoms with Crippen LogP contribution in [-0.2, 0) is 11.3 Å². The first-order chi connectivity index (χ1) is 13.3. The smallest absolute Gasteiger partial charge is 0.347 e. The first-order valence-corrected chi connectivity index (χ1v) is 10.2. The number of thiazole rings is 1. The molecule has 11 heteroatoms. The van der Waals surface area contributed by atoms with Crippen LogP contribution in [0.5, 0.6) is 0 Å². The minimum atomic E-state index is -0.998. The second-order valence-corrected chi connectivity index (χ2v) is 8.73. The fourth-order valence-electron chi connectivity index (χ4n) is 3.72. The highest BCUT2D eigenvalue weighted by molar-refractivity contribution is 7.17. The molecule has 0 spiro atoms. The Labute approximate surface area is 174 Å². The zero-order valence-corrected chi connectivity index (χ0v) is 17.4. The van der Waals surface area contributed by atoms with Crippen molar-refractivity contribution in [3.05, 3.63) is 32.0 Å². The Hall–Kier alpha value is -1.81. The van der Waals surface area contributed by atoms with Crippen LogP contribution in [0, 0.1) is 18.8 Å². The second-order valence-electron chi connectivity index (χ2n) is 7.00. The van der Waals surface area contributed by atoms with Gasteiger partial charge in [0.15, 0.2) is 5.13 Å². The van der Waals surface area contributed by atoms with Gasteiger partial charge in [0, 0.05) is 43.8 Å². The SMILES string of the molecule is COCc1nc(N2C[C@@H]3C(NC(=O)c4[nH]c(C)c(Cl)c4Cl)[C@@H]3C2)sc1C(=O)O. The van der Waals surface area contributed by atoms with Crippen molar-refractivity contribution in [1.82, 2.24) is 15.3 Å². The van der Waals surface area contributed by atoms with Crippen molar-refractivity contribution in [3.63, 3.8) is 0 Å². The van der Waals surface area contributed by atoms with E-state index < -0.39 is 5.97 Å². The number of nitrogens with zero attached hydrogens (tertiary/aromatic N) is 2. The first-order valence-electron chi connectivity index (χ1n) is 8.63. The summed E-state index contributed by atoms with van der Waals surface area (Å²) in [7, 11) is 1.51. The van der Waals surface area contributed by atoms with E-state index in [-0.39, 0.29) is 34.1 Å². The highest BCUT2D eigenvalue weighted by atomic mass is 35.5. The number of aromatic nitrogens is 2. The molecular weight excluding hydrogens is 427 g/mol. The molecule has 0 bridgehead atoms. The molecule has 3 N–H and O–H groups in total. The number of methoxy groups -OCH3 is 1. The number of aryl methyl sites for hydroxylation is 1. The van der Waals surface area contributed by atoms with Crippen molar-refractivity contribution in [2.45, 2.75) is 19.6 Å². The van der Waals surface area contributed by atoms with Gasteiger partial charge >= 0.3 is 5.97 Å². The van der Waals surface area contributed by atoms with Gasteiger partial charge in [-0.3, -0.25) is 4.79 Å². The maximum absolute atomic E-state index is 12.5. The third-order valence-corrected chi connectivity index (χ3v) is 7.30. The fourth-order valence-corrected chi connectivity index (χ4v) is 5.07. The normalized spacial score (nSPS) is 23.0. The summed E-state index contributed by atoms with van der Waals surface area (Å²) < 4.78 is 5.04. The number of nitrogens with one attached hydrogen (secondary N) is 2. The molecule has 28 heavy (non-hydrogen) atoms. The number of carbonyl (C=O) groups excluding carboxylic acids is 1. The summed E-state index contributed by atoms with van der Waals surface area (Å²) in [5, 5.41) is 13.6. The number of fused-ring (bicyclic) bond motifs is 1. The van der Waals surface area contributed by atoms with E-state index in [9.17, 15) is 14.7 Å². The first kappa shape index (κ1) is 19.5. The third kappa shape index (κ3) is 3.26. The summed E-state index contributed by atoms with van der Waals surface area (Å²) >= 11 is 13.3. The van der Waals surface area contributed by atoms with E-state index in [4.69, 9.17) is 27.9 Å². The van der Waals surface area contributed by atoms with Gasteiger partial charge in [-0.05, 0) is 6.92 Å². The number of carboxylic acids is 1. The number of aromatic carboxylic acids is 1. The molecule has 3 atom stereocenters. The van der Waals surface area contributed by atoms with Crippen LogP contribution in [0.3, 0.4) is 0 Å². The number of H-pyrrole nitrogens is 1. The molecule has 1 amide bonds. The zero-order chi connectivity index (χ0) is 20.2. The molecule has 1 aliphatic heterocycles. The Kier molecular flexibility index (Phi) is 5.03. The number of aromatic amines is 1. The van der Waals surface area contributed by atoms with E-state index >= 15 is 0 Å². The lowest BCUT2D eigenvalue weighted by Gasteiger charge is -2.19. The van der Waals surface area contributed by atoms with Crippen LogP contribution in [0.25, 0.3) is 0 Å². The van der Waals surface area contributed by atoms with Gasteiger partial charge in [0.2, 0.25) is 0 Å². The number of ether oxygens (including phenoxy) is 1. The average molecular weight is 445 g/mol. The molecular formula is C17H18Cl2N4O4S. The Morgan fingerprint density at radius 1 is 1.36 bits per heavy atom. The van der Waals surface area contributed by atoms with Crippen LogP contribution in [0.15, 0.2) is 0 Å². The van der Waals surface area contributed by atoms with Gasteiger partial charge in [0.1, 0.15) is 10.6 Å². The minimum Gasteiger partial charge on any atom is -0.477 e. The molecule has 1 aliphatic carbocycles. The van der Waals surface area contributed by atoms with Gasteiger partial charge in [0.05, 0.1) is 22.3 Å². The van der Waals surface area contributed by atoms with Gasteiger partial charge in [-0.2, -0.15) is 0 Å². The summed E-state index contributed by atoms with van der Waals surface area (Å²) in [4.78, 5) is 33.5. The Morgan fingerprint density at radius 3 is 2.57 bits per heavy atom. The number of rotatable bonds is 6. The van der Waals surface area contributed by atoms with Crippen molar-refractivity contribution >= 4 is 51.5 Å². The lowest BCUT2D eigenvalue weighted by atomic mass is 10.3. The summed E-state index contributed by atoms with van der Waals surface area (Å²) in [6.45, 7) is 3.35. The van der Waals surface area contributed by atoms with Gasteiger partial charge in [-0.1, -0.05) is 34.5 Å². The van der Waals surface area contributed by atoms with Crippen molar-refractivity contribution < 1.29 is 19.4 Å². The Bertz CT molecular complexity index is 947. The van der Waals surface area contributed by atoms with Crippen LogP contribution < -0.4 is 10.2 Å². The van der Waals surface area contributed by atoms with Crippen LogP contribution >= 0.6 is 34.5 Å². The predicted molar refractivity (Wildman–Crippen MR) is 106 cm³/mol. The molecule has 2 aliphatic rings. The molecule has 4 rings (SSSR count). The lowest BCUT2D eigenvalue weighted by molar-refractivity contribution is 0.0696. The molecule has 0 aromatic carbocycles. The summed E-state index contributed by atoms with van der Waals surface area (Å²) in [5.41, 5.74) is 1.37. The molecule has 2 fully saturated rings. The Morgan fingerprint density at radius 2 is 2.04 bits per heavy atom. The monoisotopic (exact) mass is 444 g/mol. The fraction of sp³-hybridized carbons (Fsp3) is 0.471. The molecule has 8 nitrogen and oxygen atoms in total. The van der Waals surface area contributed by atoms with Crippen molar-refractivity contribution in [1.29, 1.82) is 0 Å². The largest absolute Gasteiger partial charge is 0.477 e. The number of anilines is 1. The number of carbonyl (C=O) groups is 2. The molecule has 1 saturated carbocycles. The molecule has 0 radical (unpaired) electrons. The number of piperidine rings is 1. The maximum Gasteiger partial charge on any atom is 0.347 e. The molecule has 3 heterocycles. The quantitative estimate of drug-likeness (QED) is 0.631. The number of hydrogen-bond acceptors (Lipinski definition) is 6. The number of halogens is 2. The van der Waals surface area contributed by atoms with Gasteiger partial charge < -0.3 is 25.0 Å². The van der Waals surface area contributed by atoms with Gasteiger partial charge in [-0.15, -0.1) is 0 Å². The van der Waals surface area contributed by atoms with E-state index in [2.05, 4.69) is 20.2 Å². The zero-order valence-electron chi connectivity index (χ0n) is 15.1. The average Bonchev–Trinajstić information content (AvgIpc) is 3.04. The minimum absolute atomic E-state index is 0.0690. The van der Waals surface area contributed by atoms with Crippen molar-refractivity contribution in [2.75, 3.05) is 25.1 Å². The van der Waals surface area contributed by atoms with Crippen LogP contribution in [0.4, 0.5) is 5.13 Å². The number of carboxylic acid groups (broad SMARTS) is 1. The topological polar surface area (TPSA) is 108 Å². The van der Waals surface area contributed by atoms with E-state index in [0.29, 0.717) is 46.5 Å². The number of amides is 1. The molecule has 2 aromatic rings. The summed E-state index contributed by atoms with van der Waals surface area (Å²) in [5.74, 6) is -0.660. The highest BCUT2D eigenvalue weighted by Gasteiger charge is 2.57. The highest BCUT2D eigenvalue weighted by Crippen LogP contribution is 2.48. The van der Waals surface area contributed by atoms with Crippen LogP contribution in [0.2, 0.25) is 10.0 Å². The second kappa shape index (κ2) is 7.22.